The lowest BCUT2D eigenvalue weighted by atomic mass is 9.91. The zero-order valence-corrected chi connectivity index (χ0v) is 15.7. The third kappa shape index (κ3) is 3.82. The quantitative estimate of drug-likeness (QED) is 0.700. The SMILES string of the molecule is O=C(O)C1CCCCN1C(c1ccc(-c2ccccc2)cc1)c1cccnc1. The number of piperidine rings is 1. The zero-order chi connectivity index (χ0) is 19.3. The van der Waals surface area contributed by atoms with E-state index in [0.29, 0.717) is 6.42 Å². The molecular weight excluding hydrogens is 348 g/mol. The van der Waals surface area contributed by atoms with Crippen LogP contribution in [-0.2, 0) is 4.79 Å². The smallest absolute Gasteiger partial charge is 0.320 e. The van der Waals surface area contributed by atoms with E-state index in [-0.39, 0.29) is 6.04 Å². The van der Waals surface area contributed by atoms with Crippen molar-refractivity contribution in [3.05, 3.63) is 90.3 Å². The van der Waals surface area contributed by atoms with Crippen LogP contribution >= 0.6 is 0 Å². The maximum atomic E-state index is 11.9. The number of aliphatic carboxylic acids is 1. The number of rotatable bonds is 5. The Morgan fingerprint density at radius 2 is 1.68 bits per heavy atom. The van der Waals surface area contributed by atoms with Gasteiger partial charge in [0.25, 0.3) is 0 Å². The first kappa shape index (κ1) is 18.4. The highest BCUT2D eigenvalue weighted by atomic mass is 16.4. The van der Waals surface area contributed by atoms with E-state index in [1.807, 2.05) is 36.5 Å². The first-order valence-electron chi connectivity index (χ1n) is 9.78. The standard InChI is InChI=1S/C24H24N2O2/c27-24(28)22-10-4-5-16-26(22)23(21-9-6-15-25-17-21)20-13-11-19(12-14-20)18-7-2-1-3-8-18/h1-3,6-9,11-15,17,22-23H,4-5,10,16H2,(H,27,28). The summed E-state index contributed by atoms with van der Waals surface area (Å²) in [4.78, 5) is 18.3. The van der Waals surface area contributed by atoms with Gasteiger partial charge < -0.3 is 5.11 Å². The van der Waals surface area contributed by atoms with Crippen molar-refractivity contribution >= 4 is 5.97 Å². The highest BCUT2D eigenvalue weighted by molar-refractivity contribution is 5.74. The number of carbonyl (C=O) groups is 1. The average Bonchev–Trinajstić information content (AvgIpc) is 2.76. The molecule has 4 nitrogen and oxygen atoms in total. The fourth-order valence-electron chi connectivity index (χ4n) is 4.13. The van der Waals surface area contributed by atoms with Gasteiger partial charge in [0.1, 0.15) is 6.04 Å². The van der Waals surface area contributed by atoms with Crippen LogP contribution in [0.15, 0.2) is 79.1 Å². The molecule has 142 valence electrons. The summed E-state index contributed by atoms with van der Waals surface area (Å²) in [6.07, 6.45) is 6.27. The van der Waals surface area contributed by atoms with Crippen LogP contribution in [0.25, 0.3) is 11.1 Å². The van der Waals surface area contributed by atoms with E-state index >= 15 is 0 Å². The second-order valence-corrected chi connectivity index (χ2v) is 7.26. The lowest BCUT2D eigenvalue weighted by Gasteiger charge is -2.39. The van der Waals surface area contributed by atoms with Gasteiger partial charge in [-0.05, 0) is 47.7 Å². The molecule has 0 radical (unpaired) electrons. The van der Waals surface area contributed by atoms with Gasteiger partial charge in [0.15, 0.2) is 0 Å². The number of pyridine rings is 1. The number of aromatic nitrogens is 1. The molecule has 4 rings (SSSR count). The van der Waals surface area contributed by atoms with Crippen molar-refractivity contribution in [2.75, 3.05) is 6.54 Å². The molecule has 0 aliphatic carbocycles. The molecule has 1 aliphatic heterocycles. The molecule has 0 saturated carbocycles. The molecule has 1 aliphatic rings. The van der Waals surface area contributed by atoms with Crippen LogP contribution in [0.5, 0.6) is 0 Å². The van der Waals surface area contributed by atoms with Crippen molar-refractivity contribution in [2.24, 2.45) is 0 Å². The van der Waals surface area contributed by atoms with E-state index in [1.165, 1.54) is 5.56 Å². The Labute approximate surface area is 165 Å². The molecule has 0 amide bonds. The van der Waals surface area contributed by atoms with Gasteiger partial charge in [-0.15, -0.1) is 0 Å². The van der Waals surface area contributed by atoms with Crippen molar-refractivity contribution < 1.29 is 9.90 Å². The number of hydrogen-bond donors (Lipinski definition) is 1. The van der Waals surface area contributed by atoms with Crippen LogP contribution in [-0.4, -0.2) is 33.5 Å². The molecule has 2 atom stereocenters. The molecule has 28 heavy (non-hydrogen) atoms. The largest absolute Gasteiger partial charge is 0.480 e. The van der Waals surface area contributed by atoms with Crippen molar-refractivity contribution in [3.63, 3.8) is 0 Å². The van der Waals surface area contributed by atoms with E-state index in [4.69, 9.17) is 0 Å². The van der Waals surface area contributed by atoms with Gasteiger partial charge in [0.2, 0.25) is 0 Å². The Kier molecular flexibility index (Phi) is 5.49. The molecule has 1 N–H and O–H groups in total. The van der Waals surface area contributed by atoms with Crippen LogP contribution in [0.2, 0.25) is 0 Å². The van der Waals surface area contributed by atoms with Gasteiger partial charge >= 0.3 is 5.97 Å². The van der Waals surface area contributed by atoms with E-state index in [1.54, 1.807) is 6.20 Å². The minimum Gasteiger partial charge on any atom is -0.480 e. The number of hydrogen-bond acceptors (Lipinski definition) is 3. The maximum Gasteiger partial charge on any atom is 0.320 e. The van der Waals surface area contributed by atoms with Crippen LogP contribution in [0.4, 0.5) is 0 Å². The van der Waals surface area contributed by atoms with E-state index in [9.17, 15) is 9.90 Å². The number of nitrogens with zero attached hydrogens (tertiary/aromatic N) is 2. The Morgan fingerprint density at radius 1 is 0.929 bits per heavy atom. The average molecular weight is 372 g/mol. The van der Waals surface area contributed by atoms with Crippen molar-refractivity contribution in [3.8, 4) is 11.1 Å². The molecule has 4 heteroatoms. The Bertz CT molecular complexity index is 910. The first-order chi connectivity index (χ1) is 13.7. The van der Waals surface area contributed by atoms with Crippen molar-refractivity contribution in [2.45, 2.75) is 31.3 Å². The van der Waals surface area contributed by atoms with E-state index in [2.05, 4.69) is 46.3 Å². The summed E-state index contributed by atoms with van der Waals surface area (Å²) in [6, 6.07) is 22.1. The molecule has 1 saturated heterocycles. The number of carboxylic acids is 1. The third-order valence-electron chi connectivity index (χ3n) is 5.49. The molecule has 2 heterocycles. The van der Waals surface area contributed by atoms with E-state index in [0.717, 1.165) is 36.1 Å². The molecule has 2 aromatic carbocycles. The number of benzene rings is 2. The van der Waals surface area contributed by atoms with E-state index < -0.39 is 12.0 Å². The second kappa shape index (κ2) is 8.36. The van der Waals surface area contributed by atoms with Gasteiger partial charge in [-0.25, -0.2) is 0 Å². The molecule has 0 spiro atoms. The second-order valence-electron chi connectivity index (χ2n) is 7.26. The van der Waals surface area contributed by atoms with Crippen LogP contribution in [0.1, 0.15) is 36.4 Å². The monoisotopic (exact) mass is 372 g/mol. The Hall–Kier alpha value is -2.98. The molecule has 1 aromatic heterocycles. The Balaban J connectivity index is 1.72. The predicted molar refractivity (Wildman–Crippen MR) is 110 cm³/mol. The van der Waals surface area contributed by atoms with Gasteiger partial charge in [0.05, 0.1) is 6.04 Å². The molecule has 1 fully saturated rings. The third-order valence-corrected chi connectivity index (χ3v) is 5.49. The highest BCUT2D eigenvalue weighted by Gasteiger charge is 2.35. The number of carboxylic acid groups (broad SMARTS) is 1. The first-order valence-corrected chi connectivity index (χ1v) is 9.78. The number of likely N-dealkylation sites (tertiary alicyclic amines) is 1. The van der Waals surface area contributed by atoms with Crippen LogP contribution in [0, 0.1) is 0 Å². The van der Waals surface area contributed by atoms with Gasteiger partial charge in [-0.3, -0.25) is 14.7 Å². The van der Waals surface area contributed by atoms with Gasteiger partial charge in [-0.2, -0.15) is 0 Å². The van der Waals surface area contributed by atoms with Crippen LogP contribution < -0.4 is 0 Å². The van der Waals surface area contributed by atoms with Gasteiger partial charge in [-0.1, -0.05) is 67.1 Å². The van der Waals surface area contributed by atoms with Crippen molar-refractivity contribution in [1.82, 2.24) is 9.88 Å². The summed E-state index contributed by atoms with van der Waals surface area (Å²) in [5.41, 5.74) is 4.46. The minimum absolute atomic E-state index is 0.111. The molecular formula is C24H24N2O2. The summed E-state index contributed by atoms with van der Waals surface area (Å²) in [5.74, 6) is -0.741. The molecule has 0 bridgehead atoms. The summed E-state index contributed by atoms with van der Waals surface area (Å²) in [7, 11) is 0. The normalized spacial score (nSPS) is 18.5. The summed E-state index contributed by atoms with van der Waals surface area (Å²) >= 11 is 0. The summed E-state index contributed by atoms with van der Waals surface area (Å²) in [5, 5.41) is 9.79. The lowest BCUT2D eigenvalue weighted by molar-refractivity contribution is -0.145. The predicted octanol–water partition coefficient (Wildman–Crippen LogP) is 4.78. The summed E-state index contributed by atoms with van der Waals surface area (Å²) < 4.78 is 0. The lowest BCUT2D eigenvalue weighted by Crippen LogP contribution is -2.46. The fraction of sp³-hybridized carbons (Fsp3) is 0.250. The van der Waals surface area contributed by atoms with Gasteiger partial charge in [0, 0.05) is 12.4 Å². The molecule has 2 unspecified atom stereocenters. The minimum atomic E-state index is -0.741. The fourth-order valence-corrected chi connectivity index (χ4v) is 4.13. The summed E-state index contributed by atoms with van der Waals surface area (Å²) in [6.45, 7) is 0.775. The molecule has 3 aromatic rings. The van der Waals surface area contributed by atoms with Crippen LogP contribution in [0.3, 0.4) is 0 Å². The topological polar surface area (TPSA) is 53.4 Å². The van der Waals surface area contributed by atoms with Crippen molar-refractivity contribution in [1.29, 1.82) is 0 Å². The zero-order valence-electron chi connectivity index (χ0n) is 15.7. The maximum absolute atomic E-state index is 11.9. The Morgan fingerprint density at radius 3 is 2.36 bits per heavy atom. The highest BCUT2D eigenvalue weighted by Crippen LogP contribution is 2.34.